The van der Waals surface area contributed by atoms with Gasteiger partial charge >= 0.3 is 0 Å². The van der Waals surface area contributed by atoms with Gasteiger partial charge in [0.15, 0.2) is 0 Å². The third-order valence-electron chi connectivity index (χ3n) is 2.85. The summed E-state index contributed by atoms with van der Waals surface area (Å²) in [4.78, 5) is 3.17. The van der Waals surface area contributed by atoms with Crippen LogP contribution in [0.15, 0.2) is 54.7 Å². The number of benzene rings is 2. The van der Waals surface area contributed by atoms with Crippen molar-refractivity contribution in [1.29, 1.82) is 0 Å². The molecule has 1 N–H and O–H groups in total. The van der Waals surface area contributed by atoms with Crippen molar-refractivity contribution < 1.29 is 4.74 Å². The SMILES string of the molecule is Cc1ccccc1Oc1ccc2[nH]ccc2c1. The third-order valence-corrected chi connectivity index (χ3v) is 2.85. The van der Waals surface area contributed by atoms with Gasteiger partial charge in [-0.25, -0.2) is 0 Å². The monoisotopic (exact) mass is 223 g/mol. The largest absolute Gasteiger partial charge is 0.457 e. The first kappa shape index (κ1) is 9.97. The summed E-state index contributed by atoms with van der Waals surface area (Å²) in [5.74, 6) is 1.77. The average molecular weight is 223 g/mol. The van der Waals surface area contributed by atoms with Crippen molar-refractivity contribution in [2.45, 2.75) is 6.92 Å². The Balaban J connectivity index is 1.97. The van der Waals surface area contributed by atoms with Crippen LogP contribution in [-0.4, -0.2) is 4.98 Å². The molecule has 0 atom stereocenters. The fraction of sp³-hybridized carbons (Fsp3) is 0.0667. The smallest absolute Gasteiger partial charge is 0.130 e. The Bertz CT molecular complexity index is 655. The van der Waals surface area contributed by atoms with Crippen molar-refractivity contribution in [3.05, 3.63) is 60.3 Å². The number of hydrogen-bond donors (Lipinski definition) is 1. The number of aromatic amines is 1. The fourth-order valence-electron chi connectivity index (χ4n) is 1.89. The molecule has 0 bridgehead atoms. The minimum absolute atomic E-state index is 0.867. The molecule has 2 nitrogen and oxygen atoms in total. The number of para-hydroxylation sites is 1. The Morgan fingerprint density at radius 3 is 2.76 bits per heavy atom. The highest BCUT2D eigenvalue weighted by Crippen LogP contribution is 2.27. The second kappa shape index (κ2) is 3.98. The summed E-state index contributed by atoms with van der Waals surface area (Å²) >= 11 is 0. The second-order valence-electron chi connectivity index (χ2n) is 4.09. The topological polar surface area (TPSA) is 25.0 Å². The summed E-state index contributed by atoms with van der Waals surface area (Å²) in [6.07, 6.45) is 1.93. The Kier molecular flexibility index (Phi) is 2.33. The summed E-state index contributed by atoms with van der Waals surface area (Å²) in [6, 6.07) is 16.1. The Morgan fingerprint density at radius 2 is 1.88 bits per heavy atom. The number of hydrogen-bond acceptors (Lipinski definition) is 1. The number of aromatic nitrogens is 1. The maximum absolute atomic E-state index is 5.87. The normalized spacial score (nSPS) is 10.6. The predicted octanol–water partition coefficient (Wildman–Crippen LogP) is 4.27. The number of ether oxygens (including phenoxy) is 1. The van der Waals surface area contributed by atoms with Crippen molar-refractivity contribution in [1.82, 2.24) is 4.98 Å². The van der Waals surface area contributed by atoms with E-state index in [2.05, 4.69) is 4.98 Å². The van der Waals surface area contributed by atoms with Gasteiger partial charge in [0.1, 0.15) is 11.5 Å². The molecule has 2 aromatic carbocycles. The molecule has 0 aliphatic heterocycles. The van der Waals surface area contributed by atoms with E-state index in [0.717, 1.165) is 28.0 Å². The number of H-pyrrole nitrogens is 1. The molecule has 0 saturated carbocycles. The molecule has 0 spiro atoms. The molecule has 3 rings (SSSR count). The van der Waals surface area contributed by atoms with E-state index in [9.17, 15) is 0 Å². The molecule has 0 unspecified atom stereocenters. The summed E-state index contributed by atoms with van der Waals surface area (Å²) in [5.41, 5.74) is 2.27. The maximum Gasteiger partial charge on any atom is 0.130 e. The van der Waals surface area contributed by atoms with E-state index < -0.39 is 0 Å². The molecule has 0 aliphatic carbocycles. The highest BCUT2D eigenvalue weighted by atomic mass is 16.5. The Morgan fingerprint density at radius 1 is 1.00 bits per heavy atom. The zero-order chi connectivity index (χ0) is 11.7. The van der Waals surface area contributed by atoms with Gasteiger partial charge in [0.2, 0.25) is 0 Å². The van der Waals surface area contributed by atoms with Crippen LogP contribution in [0.5, 0.6) is 11.5 Å². The summed E-state index contributed by atoms with van der Waals surface area (Å²) < 4.78 is 5.87. The van der Waals surface area contributed by atoms with Gasteiger partial charge in [-0.15, -0.1) is 0 Å². The van der Waals surface area contributed by atoms with Crippen LogP contribution in [0.3, 0.4) is 0 Å². The number of fused-ring (bicyclic) bond motifs is 1. The molecule has 1 aromatic heterocycles. The number of nitrogens with one attached hydrogen (secondary N) is 1. The molecule has 0 radical (unpaired) electrons. The van der Waals surface area contributed by atoms with Gasteiger partial charge < -0.3 is 9.72 Å². The summed E-state index contributed by atoms with van der Waals surface area (Å²) in [5, 5.41) is 1.16. The van der Waals surface area contributed by atoms with E-state index in [0.29, 0.717) is 0 Å². The molecule has 0 aliphatic rings. The van der Waals surface area contributed by atoms with Crippen LogP contribution < -0.4 is 4.74 Å². The molecular formula is C15H13NO. The first-order valence-corrected chi connectivity index (χ1v) is 5.63. The van der Waals surface area contributed by atoms with Crippen molar-refractivity contribution in [2.75, 3.05) is 0 Å². The Hall–Kier alpha value is -2.22. The van der Waals surface area contributed by atoms with E-state index in [4.69, 9.17) is 4.74 Å². The highest BCUT2D eigenvalue weighted by Gasteiger charge is 2.01. The molecule has 0 amide bonds. The lowest BCUT2D eigenvalue weighted by atomic mass is 10.2. The predicted molar refractivity (Wildman–Crippen MR) is 69.6 cm³/mol. The number of rotatable bonds is 2. The first-order chi connectivity index (χ1) is 8.33. The molecule has 0 saturated heterocycles. The van der Waals surface area contributed by atoms with Crippen molar-refractivity contribution in [3.8, 4) is 11.5 Å². The van der Waals surface area contributed by atoms with Gasteiger partial charge in [-0.3, -0.25) is 0 Å². The van der Waals surface area contributed by atoms with Crippen LogP contribution in [0.1, 0.15) is 5.56 Å². The van der Waals surface area contributed by atoms with Gasteiger partial charge in [0.25, 0.3) is 0 Å². The van der Waals surface area contributed by atoms with Crippen molar-refractivity contribution >= 4 is 10.9 Å². The zero-order valence-corrected chi connectivity index (χ0v) is 9.60. The molecule has 0 fully saturated rings. The molecule has 1 heterocycles. The van der Waals surface area contributed by atoms with Crippen LogP contribution in [-0.2, 0) is 0 Å². The third kappa shape index (κ3) is 1.89. The standard InChI is InChI=1S/C15H13NO/c1-11-4-2-3-5-15(11)17-13-6-7-14-12(10-13)8-9-16-14/h2-10,16H,1H3. The van der Waals surface area contributed by atoms with Gasteiger partial charge in [0, 0.05) is 17.1 Å². The van der Waals surface area contributed by atoms with E-state index in [1.165, 1.54) is 0 Å². The van der Waals surface area contributed by atoms with Crippen LogP contribution in [0.2, 0.25) is 0 Å². The van der Waals surface area contributed by atoms with E-state index in [1.54, 1.807) is 0 Å². The first-order valence-electron chi connectivity index (χ1n) is 5.63. The van der Waals surface area contributed by atoms with Crippen molar-refractivity contribution in [3.63, 3.8) is 0 Å². The minimum atomic E-state index is 0.867. The second-order valence-corrected chi connectivity index (χ2v) is 4.09. The quantitative estimate of drug-likeness (QED) is 0.689. The van der Waals surface area contributed by atoms with Crippen molar-refractivity contribution in [2.24, 2.45) is 0 Å². The van der Waals surface area contributed by atoms with Gasteiger partial charge in [-0.1, -0.05) is 18.2 Å². The summed E-state index contributed by atoms with van der Waals surface area (Å²) in [6.45, 7) is 2.05. The van der Waals surface area contributed by atoms with Crippen LogP contribution in [0.4, 0.5) is 0 Å². The van der Waals surface area contributed by atoms with E-state index >= 15 is 0 Å². The average Bonchev–Trinajstić information content (AvgIpc) is 2.79. The van der Waals surface area contributed by atoms with Crippen LogP contribution in [0, 0.1) is 6.92 Å². The fourth-order valence-corrected chi connectivity index (χ4v) is 1.89. The molecule has 17 heavy (non-hydrogen) atoms. The van der Waals surface area contributed by atoms with Gasteiger partial charge in [-0.2, -0.15) is 0 Å². The zero-order valence-electron chi connectivity index (χ0n) is 9.60. The summed E-state index contributed by atoms with van der Waals surface area (Å²) in [7, 11) is 0. The Labute approximate surface area is 99.9 Å². The van der Waals surface area contributed by atoms with Gasteiger partial charge in [0.05, 0.1) is 0 Å². The lowest BCUT2D eigenvalue weighted by Crippen LogP contribution is -1.86. The van der Waals surface area contributed by atoms with E-state index in [1.807, 2.05) is 61.7 Å². The highest BCUT2D eigenvalue weighted by molar-refractivity contribution is 5.80. The molecular weight excluding hydrogens is 210 g/mol. The molecule has 2 heteroatoms. The van der Waals surface area contributed by atoms with E-state index in [-0.39, 0.29) is 0 Å². The van der Waals surface area contributed by atoms with Crippen LogP contribution >= 0.6 is 0 Å². The van der Waals surface area contributed by atoms with Crippen LogP contribution in [0.25, 0.3) is 10.9 Å². The lowest BCUT2D eigenvalue weighted by molar-refractivity contribution is 0.479. The minimum Gasteiger partial charge on any atom is -0.457 e. The van der Waals surface area contributed by atoms with Gasteiger partial charge in [-0.05, 0) is 42.8 Å². The molecule has 84 valence electrons. The maximum atomic E-state index is 5.87. The molecule has 3 aromatic rings. The number of aryl methyl sites for hydroxylation is 1. The lowest BCUT2D eigenvalue weighted by Gasteiger charge is -2.08.